The lowest BCUT2D eigenvalue weighted by molar-refractivity contribution is 0.356. The minimum absolute atomic E-state index is 0.473. The summed E-state index contributed by atoms with van der Waals surface area (Å²) in [6, 6.07) is 0. The molecule has 1 aliphatic carbocycles. The summed E-state index contributed by atoms with van der Waals surface area (Å²) in [5.41, 5.74) is 0. The van der Waals surface area contributed by atoms with Crippen LogP contribution in [0.3, 0.4) is 0 Å². The zero-order valence-electron chi connectivity index (χ0n) is 9.52. The van der Waals surface area contributed by atoms with E-state index < -0.39 is 8.80 Å². The van der Waals surface area contributed by atoms with Gasteiger partial charge in [-0.3, -0.25) is 0 Å². The summed E-state index contributed by atoms with van der Waals surface area (Å²) in [5.74, 6) is 2.86. The lowest BCUT2D eigenvalue weighted by Gasteiger charge is -2.34. The van der Waals surface area contributed by atoms with E-state index in [4.69, 9.17) is 0 Å². The van der Waals surface area contributed by atoms with Crippen LogP contribution in [0.1, 0.15) is 34.1 Å². The lowest BCUT2D eigenvalue weighted by atomic mass is 9.91. The van der Waals surface area contributed by atoms with Crippen LogP contribution in [0.25, 0.3) is 0 Å². The van der Waals surface area contributed by atoms with E-state index in [-0.39, 0.29) is 0 Å². The van der Waals surface area contributed by atoms with Crippen LogP contribution >= 0.6 is 0 Å². The van der Waals surface area contributed by atoms with Crippen LogP contribution in [-0.4, -0.2) is 8.80 Å². The van der Waals surface area contributed by atoms with E-state index in [0.717, 1.165) is 22.8 Å². The molecule has 0 heterocycles. The first kappa shape index (κ1) is 10.3. The Morgan fingerprint density at radius 1 is 1.17 bits per heavy atom. The zero-order valence-corrected chi connectivity index (χ0v) is 10.7. The Morgan fingerprint density at radius 3 is 1.83 bits per heavy atom. The van der Waals surface area contributed by atoms with E-state index in [0.29, 0.717) is 0 Å². The highest BCUT2D eigenvalue weighted by atomic mass is 28.3. The Labute approximate surface area is 79.4 Å². The zero-order chi connectivity index (χ0) is 9.52. The molecular formula is C11H24Si. The van der Waals surface area contributed by atoms with E-state index in [2.05, 4.69) is 40.8 Å². The molecule has 0 bridgehead atoms. The van der Waals surface area contributed by atoms with Crippen molar-refractivity contribution in [3.05, 3.63) is 0 Å². The number of rotatable bonds is 1. The third-order valence-electron chi connectivity index (χ3n) is 4.81. The van der Waals surface area contributed by atoms with Gasteiger partial charge in [-0.05, 0) is 29.2 Å². The van der Waals surface area contributed by atoms with Gasteiger partial charge < -0.3 is 0 Å². The van der Waals surface area contributed by atoms with Gasteiger partial charge in [-0.25, -0.2) is 0 Å². The van der Waals surface area contributed by atoms with E-state index in [1.54, 1.807) is 0 Å². The standard InChI is InChI=1S/C11H24Si/c1-8-7-11(4,12(5)6)10(3)9(8)2/h8-10,12H,7H2,1-6H3. The summed E-state index contributed by atoms with van der Waals surface area (Å²) in [6.45, 7) is 14.9. The SMILES string of the molecule is CC1CC(C)([SiH](C)C)C(C)C1C. The Morgan fingerprint density at radius 2 is 1.67 bits per heavy atom. The first-order chi connectivity index (χ1) is 5.39. The molecule has 0 aromatic rings. The topological polar surface area (TPSA) is 0 Å². The molecule has 12 heavy (non-hydrogen) atoms. The molecule has 0 aromatic heterocycles. The highest BCUT2D eigenvalue weighted by Gasteiger charge is 2.46. The van der Waals surface area contributed by atoms with Crippen LogP contribution < -0.4 is 0 Å². The maximum absolute atomic E-state index is 2.54. The number of hydrogen-bond donors (Lipinski definition) is 0. The molecule has 0 saturated heterocycles. The maximum atomic E-state index is 2.54. The quantitative estimate of drug-likeness (QED) is 0.547. The highest BCUT2D eigenvalue weighted by Crippen LogP contribution is 2.56. The van der Waals surface area contributed by atoms with Crippen molar-refractivity contribution in [1.29, 1.82) is 0 Å². The van der Waals surface area contributed by atoms with Crippen LogP contribution in [-0.2, 0) is 0 Å². The fraction of sp³-hybridized carbons (Fsp3) is 1.00. The Balaban J connectivity index is 2.82. The van der Waals surface area contributed by atoms with E-state index >= 15 is 0 Å². The van der Waals surface area contributed by atoms with Gasteiger partial charge in [0.05, 0.1) is 0 Å². The van der Waals surface area contributed by atoms with E-state index in [9.17, 15) is 0 Å². The molecule has 0 N–H and O–H groups in total. The molecule has 1 rings (SSSR count). The summed E-state index contributed by atoms with van der Waals surface area (Å²) >= 11 is 0. The molecule has 1 saturated carbocycles. The minimum Gasteiger partial charge on any atom is -0.0718 e. The first-order valence-corrected chi connectivity index (χ1v) is 8.28. The second-order valence-corrected chi connectivity index (χ2v) is 9.12. The van der Waals surface area contributed by atoms with Gasteiger partial charge in [-0.15, -0.1) is 0 Å². The van der Waals surface area contributed by atoms with Gasteiger partial charge in [0, 0.05) is 8.80 Å². The Hall–Kier alpha value is 0.217. The van der Waals surface area contributed by atoms with Gasteiger partial charge >= 0.3 is 0 Å². The van der Waals surface area contributed by atoms with Crippen LogP contribution in [0.4, 0.5) is 0 Å². The summed E-state index contributed by atoms with van der Waals surface area (Å²) in [5, 5.41) is 0.735. The molecule has 1 aliphatic rings. The summed E-state index contributed by atoms with van der Waals surface area (Å²) in [4.78, 5) is 0. The molecule has 4 atom stereocenters. The van der Waals surface area contributed by atoms with Crippen molar-refractivity contribution in [2.45, 2.75) is 52.2 Å². The van der Waals surface area contributed by atoms with Gasteiger partial charge in [0.25, 0.3) is 0 Å². The minimum atomic E-state index is -0.473. The predicted octanol–water partition coefficient (Wildman–Crippen LogP) is 3.55. The summed E-state index contributed by atoms with van der Waals surface area (Å²) < 4.78 is 0. The molecule has 0 radical (unpaired) electrons. The van der Waals surface area contributed by atoms with Crippen molar-refractivity contribution in [1.82, 2.24) is 0 Å². The largest absolute Gasteiger partial charge is 0.0718 e. The van der Waals surface area contributed by atoms with E-state index in [1.807, 2.05) is 0 Å². The molecule has 0 aromatic carbocycles. The van der Waals surface area contributed by atoms with E-state index in [1.165, 1.54) is 6.42 Å². The second-order valence-electron chi connectivity index (χ2n) is 5.49. The van der Waals surface area contributed by atoms with Crippen LogP contribution in [0.5, 0.6) is 0 Å². The van der Waals surface area contributed by atoms with Crippen molar-refractivity contribution in [2.24, 2.45) is 17.8 Å². The normalized spacial score (nSPS) is 48.8. The van der Waals surface area contributed by atoms with Gasteiger partial charge in [0.15, 0.2) is 0 Å². The first-order valence-electron chi connectivity index (χ1n) is 5.39. The summed E-state index contributed by atoms with van der Waals surface area (Å²) in [7, 11) is -0.473. The van der Waals surface area contributed by atoms with Gasteiger partial charge in [-0.2, -0.15) is 0 Å². The Bertz CT molecular complexity index is 164. The van der Waals surface area contributed by atoms with Crippen molar-refractivity contribution >= 4 is 8.80 Å². The third kappa shape index (κ3) is 1.36. The molecule has 0 spiro atoms. The van der Waals surface area contributed by atoms with Crippen LogP contribution in [0, 0.1) is 17.8 Å². The monoisotopic (exact) mass is 184 g/mol. The lowest BCUT2D eigenvalue weighted by Crippen LogP contribution is -2.28. The van der Waals surface area contributed by atoms with Gasteiger partial charge in [0.2, 0.25) is 0 Å². The van der Waals surface area contributed by atoms with Crippen molar-refractivity contribution < 1.29 is 0 Å². The molecule has 4 unspecified atom stereocenters. The average Bonchev–Trinajstić information content (AvgIpc) is 2.17. The Kier molecular flexibility index (Phi) is 2.72. The predicted molar refractivity (Wildman–Crippen MR) is 59.4 cm³/mol. The fourth-order valence-electron chi connectivity index (χ4n) is 2.92. The van der Waals surface area contributed by atoms with Gasteiger partial charge in [-0.1, -0.05) is 40.8 Å². The molecular weight excluding hydrogens is 160 g/mol. The number of hydrogen-bond acceptors (Lipinski definition) is 0. The van der Waals surface area contributed by atoms with Crippen LogP contribution in [0.15, 0.2) is 0 Å². The molecule has 72 valence electrons. The van der Waals surface area contributed by atoms with Crippen molar-refractivity contribution in [3.8, 4) is 0 Å². The molecule has 0 nitrogen and oxygen atoms in total. The smallest absolute Gasteiger partial charge is 0.0372 e. The highest BCUT2D eigenvalue weighted by molar-refractivity contribution is 6.59. The summed E-state index contributed by atoms with van der Waals surface area (Å²) in [6.07, 6.45) is 1.49. The maximum Gasteiger partial charge on any atom is 0.0372 e. The molecule has 0 amide bonds. The van der Waals surface area contributed by atoms with Crippen molar-refractivity contribution in [2.75, 3.05) is 0 Å². The third-order valence-corrected chi connectivity index (χ3v) is 8.21. The molecule has 1 fully saturated rings. The fourth-order valence-corrected chi connectivity index (χ4v) is 5.12. The molecule has 0 aliphatic heterocycles. The second kappa shape index (κ2) is 3.17. The van der Waals surface area contributed by atoms with Crippen LogP contribution in [0.2, 0.25) is 18.1 Å². The molecule has 1 heteroatoms. The average molecular weight is 184 g/mol. The van der Waals surface area contributed by atoms with Crippen molar-refractivity contribution in [3.63, 3.8) is 0 Å². The van der Waals surface area contributed by atoms with Gasteiger partial charge in [0.1, 0.15) is 0 Å².